The molecule has 124 valence electrons. The van der Waals surface area contributed by atoms with Gasteiger partial charge < -0.3 is 4.90 Å². The molecule has 0 N–H and O–H groups in total. The second-order valence-corrected chi connectivity index (χ2v) is 6.57. The molecule has 23 heavy (non-hydrogen) atoms. The number of anilines is 1. The molecule has 1 amide bonds. The third kappa shape index (κ3) is 3.57. The van der Waals surface area contributed by atoms with Gasteiger partial charge in [0.2, 0.25) is 0 Å². The van der Waals surface area contributed by atoms with Crippen molar-refractivity contribution < 1.29 is 13.6 Å². The van der Waals surface area contributed by atoms with Crippen LogP contribution in [0.25, 0.3) is 0 Å². The minimum absolute atomic E-state index is 0.0671. The number of aryl methyl sites for hydroxylation is 1. The summed E-state index contributed by atoms with van der Waals surface area (Å²) < 4.78 is 27.3. The van der Waals surface area contributed by atoms with E-state index in [1.165, 1.54) is 22.8 Å². The van der Waals surface area contributed by atoms with Crippen molar-refractivity contribution in [3.63, 3.8) is 0 Å². The highest BCUT2D eigenvalue weighted by Crippen LogP contribution is 2.28. The molecule has 0 spiro atoms. The molecule has 0 saturated heterocycles. The number of nitrogens with zero attached hydrogens (tertiary/aromatic N) is 3. The van der Waals surface area contributed by atoms with Gasteiger partial charge in [0.05, 0.1) is 5.56 Å². The van der Waals surface area contributed by atoms with Crippen LogP contribution in [0.2, 0.25) is 0 Å². The fourth-order valence-electron chi connectivity index (χ4n) is 2.31. The average molecular weight is 321 g/mol. The molecule has 0 aliphatic carbocycles. The highest BCUT2D eigenvalue weighted by atomic mass is 19.3. The third-order valence-corrected chi connectivity index (χ3v) is 3.70. The van der Waals surface area contributed by atoms with E-state index in [9.17, 15) is 13.6 Å². The third-order valence-electron chi connectivity index (χ3n) is 3.70. The highest BCUT2D eigenvalue weighted by Gasteiger charge is 2.26. The van der Waals surface area contributed by atoms with E-state index in [4.69, 9.17) is 0 Å². The molecule has 0 saturated carbocycles. The Balaban J connectivity index is 2.38. The van der Waals surface area contributed by atoms with E-state index in [0.29, 0.717) is 5.69 Å². The molecule has 0 aliphatic rings. The van der Waals surface area contributed by atoms with Crippen LogP contribution in [0.4, 0.5) is 14.5 Å². The van der Waals surface area contributed by atoms with E-state index in [1.807, 2.05) is 18.2 Å². The van der Waals surface area contributed by atoms with E-state index in [-0.39, 0.29) is 11.0 Å². The van der Waals surface area contributed by atoms with Crippen LogP contribution >= 0.6 is 0 Å². The van der Waals surface area contributed by atoms with Gasteiger partial charge in [-0.25, -0.2) is 8.78 Å². The Kier molecular flexibility index (Phi) is 4.54. The van der Waals surface area contributed by atoms with Gasteiger partial charge in [0.25, 0.3) is 12.3 Å². The molecule has 0 bridgehead atoms. The number of aromatic nitrogens is 2. The number of hydrogen-bond acceptors (Lipinski definition) is 2. The van der Waals surface area contributed by atoms with Gasteiger partial charge >= 0.3 is 0 Å². The molecule has 0 fully saturated rings. The standard InChI is InChI=1S/C17H21F2N3O/c1-17(2,3)11-7-6-8-12(9-11)22(5)16(23)13-10-21(4)20-14(13)15(18)19/h6-10,15H,1-5H3. The van der Waals surface area contributed by atoms with E-state index in [2.05, 4.69) is 25.9 Å². The molecule has 0 radical (unpaired) electrons. The maximum atomic E-state index is 13.0. The van der Waals surface area contributed by atoms with E-state index in [0.717, 1.165) is 5.56 Å². The smallest absolute Gasteiger partial charge is 0.282 e. The SMILES string of the molecule is CN(C(=O)c1cn(C)nc1C(F)F)c1cccc(C(C)(C)C)c1. The Bertz CT molecular complexity index is 717. The predicted octanol–water partition coefficient (Wildman–Crippen LogP) is 3.93. The van der Waals surface area contributed by atoms with Crippen molar-refractivity contribution in [1.82, 2.24) is 9.78 Å². The molecule has 2 rings (SSSR count). The van der Waals surface area contributed by atoms with Crippen LogP contribution in [0.1, 0.15) is 48.8 Å². The quantitative estimate of drug-likeness (QED) is 0.859. The summed E-state index contributed by atoms with van der Waals surface area (Å²) >= 11 is 0. The molecule has 2 aromatic rings. The van der Waals surface area contributed by atoms with Gasteiger partial charge in [-0.15, -0.1) is 0 Å². The second-order valence-electron chi connectivity index (χ2n) is 6.57. The van der Waals surface area contributed by atoms with Crippen molar-refractivity contribution >= 4 is 11.6 Å². The monoisotopic (exact) mass is 321 g/mol. The Morgan fingerprint density at radius 1 is 1.30 bits per heavy atom. The first-order chi connectivity index (χ1) is 10.6. The summed E-state index contributed by atoms with van der Waals surface area (Å²) in [6.07, 6.45) is -1.46. The summed E-state index contributed by atoms with van der Waals surface area (Å²) in [6, 6.07) is 7.52. The molecule has 0 aliphatic heterocycles. The molecule has 4 nitrogen and oxygen atoms in total. The minimum Gasteiger partial charge on any atom is -0.311 e. The number of benzene rings is 1. The lowest BCUT2D eigenvalue weighted by Gasteiger charge is -2.23. The zero-order valence-corrected chi connectivity index (χ0v) is 14.0. The van der Waals surface area contributed by atoms with Crippen LogP contribution in [0, 0.1) is 0 Å². The molecule has 1 aromatic heterocycles. The highest BCUT2D eigenvalue weighted by molar-refractivity contribution is 6.06. The van der Waals surface area contributed by atoms with Crippen LogP contribution in [-0.2, 0) is 12.5 Å². The number of carbonyl (C=O) groups excluding carboxylic acids is 1. The topological polar surface area (TPSA) is 38.1 Å². The van der Waals surface area contributed by atoms with Crippen LogP contribution in [0.15, 0.2) is 30.5 Å². The van der Waals surface area contributed by atoms with Crippen molar-refractivity contribution in [3.05, 3.63) is 47.3 Å². The maximum Gasteiger partial charge on any atom is 0.282 e. The molecule has 1 aromatic carbocycles. The van der Waals surface area contributed by atoms with Gasteiger partial charge in [0.15, 0.2) is 0 Å². The van der Waals surface area contributed by atoms with Gasteiger partial charge in [-0.1, -0.05) is 32.9 Å². The Morgan fingerprint density at radius 2 is 1.96 bits per heavy atom. The largest absolute Gasteiger partial charge is 0.311 e. The zero-order chi connectivity index (χ0) is 17.4. The summed E-state index contributed by atoms with van der Waals surface area (Å²) in [7, 11) is 3.09. The van der Waals surface area contributed by atoms with Crippen LogP contribution in [-0.4, -0.2) is 22.7 Å². The van der Waals surface area contributed by atoms with Crippen molar-refractivity contribution in [2.24, 2.45) is 7.05 Å². The van der Waals surface area contributed by atoms with Gasteiger partial charge in [-0.05, 0) is 23.1 Å². The Hall–Kier alpha value is -2.24. The molecule has 0 unspecified atom stereocenters. The summed E-state index contributed by atoms with van der Waals surface area (Å²) in [4.78, 5) is 14.0. The van der Waals surface area contributed by atoms with Crippen LogP contribution in [0.3, 0.4) is 0 Å². The number of amides is 1. The lowest BCUT2D eigenvalue weighted by molar-refractivity contribution is 0.0978. The maximum absolute atomic E-state index is 13.0. The van der Waals surface area contributed by atoms with Crippen LogP contribution < -0.4 is 4.90 Å². The number of halogens is 2. The summed E-state index contributed by atoms with van der Waals surface area (Å²) in [5, 5.41) is 3.68. The van der Waals surface area contributed by atoms with Gasteiger partial charge in [0, 0.05) is 26.0 Å². The van der Waals surface area contributed by atoms with Gasteiger partial charge in [0.1, 0.15) is 5.69 Å². The Morgan fingerprint density at radius 3 is 2.52 bits per heavy atom. The lowest BCUT2D eigenvalue weighted by atomic mass is 9.87. The normalized spacial score (nSPS) is 11.8. The number of alkyl halides is 2. The van der Waals surface area contributed by atoms with Crippen molar-refractivity contribution in [1.29, 1.82) is 0 Å². The summed E-state index contributed by atoms with van der Waals surface area (Å²) in [5.41, 5.74) is 1.09. The van der Waals surface area contributed by atoms with Crippen molar-refractivity contribution in [2.75, 3.05) is 11.9 Å². The van der Waals surface area contributed by atoms with Gasteiger partial charge in [-0.3, -0.25) is 9.48 Å². The predicted molar refractivity (Wildman–Crippen MR) is 86.0 cm³/mol. The molecular weight excluding hydrogens is 300 g/mol. The summed E-state index contributed by atoms with van der Waals surface area (Å²) in [6.45, 7) is 6.22. The van der Waals surface area contributed by atoms with E-state index >= 15 is 0 Å². The molecular formula is C17H21F2N3O. The number of rotatable bonds is 3. The van der Waals surface area contributed by atoms with Gasteiger partial charge in [-0.2, -0.15) is 5.10 Å². The first kappa shape index (κ1) is 17.1. The summed E-state index contributed by atoms with van der Waals surface area (Å²) in [5.74, 6) is -0.501. The van der Waals surface area contributed by atoms with Crippen molar-refractivity contribution in [2.45, 2.75) is 32.6 Å². The first-order valence-corrected chi connectivity index (χ1v) is 7.31. The van der Waals surface area contributed by atoms with E-state index < -0.39 is 18.0 Å². The fourth-order valence-corrected chi connectivity index (χ4v) is 2.31. The molecule has 6 heteroatoms. The molecule has 1 heterocycles. The zero-order valence-electron chi connectivity index (χ0n) is 14.0. The minimum atomic E-state index is -2.79. The van der Waals surface area contributed by atoms with Crippen LogP contribution in [0.5, 0.6) is 0 Å². The fraction of sp³-hybridized carbons (Fsp3) is 0.412. The van der Waals surface area contributed by atoms with Crippen molar-refractivity contribution in [3.8, 4) is 0 Å². The number of hydrogen-bond donors (Lipinski definition) is 0. The van der Waals surface area contributed by atoms with E-state index in [1.54, 1.807) is 13.1 Å². The number of carbonyl (C=O) groups is 1. The first-order valence-electron chi connectivity index (χ1n) is 7.31. The Labute approximate surface area is 134 Å². The average Bonchev–Trinajstić information content (AvgIpc) is 2.87. The molecule has 0 atom stereocenters. The second kappa shape index (κ2) is 6.10. The lowest BCUT2D eigenvalue weighted by Crippen LogP contribution is -2.27.